The molecule has 3 amide bonds. The summed E-state index contributed by atoms with van der Waals surface area (Å²) in [7, 11) is 0. The molecule has 7 heteroatoms. The molecule has 1 saturated heterocycles. The number of fused-ring (bicyclic) bond motifs is 1. The molecule has 1 N–H and O–H groups in total. The minimum atomic E-state index is -0.601. The van der Waals surface area contributed by atoms with Crippen LogP contribution in [0.4, 0.5) is 0 Å². The second-order valence-corrected chi connectivity index (χ2v) is 8.35. The van der Waals surface area contributed by atoms with E-state index in [-0.39, 0.29) is 30.4 Å². The van der Waals surface area contributed by atoms with Crippen LogP contribution >= 0.6 is 0 Å². The van der Waals surface area contributed by atoms with Crippen LogP contribution in [-0.2, 0) is 27.5 Å². The van der Waals surface area contributed by atoms with Crippen LogP contribution in [-0.4, -0.2) is 40.9 Å². The number of ether oxygens (including phenoxy) is 2. The van der Waals surface area contributed by atoms with Gasteiger partial charge in [-0.15, -0.1) is 0 Å². The number of imide groups is 1. The van der Waals surface area contributed by atoms with Crippen molar-refractivity contribution in [3.63, 3.8) is 0 Å². The van der Waals surface area contributed by atoms with Crippen molar-refractivity contribution < 1.29 is 23.9 Å². The summed E-state index contributed by atoms with van der Waals surface area (Å²) in [6, 6.07) is 15.0. The van der Waals surface area contributed by atoms with Crippen LogP contribution in [0.15, 0.2) is 48.5 Å². The minimum absolute atomic E-state index is 0.0992. The predicted molar refractivity (Wildman–Crippen MR) is 111 cm³/mol. The van der Waals surface area contributed by atoms with Crippen molar-refractivity contribution in [1.82, 2.24) is 10.2 Å². The van der Waals surface area contributed by atoms with Crippen molar-refractivity contribution in [3.05, 3.63) is 65.2 Å². The largest absolute Gasteiger partial charge is 0.490 e. The molecule has 2 fully saturated rings. The summed E-state index contributed by atoms with van der Waals surface area (Å²) in [4.78, 5) is 37.9. The number of hydrogen-bond acceptors (Lipinski definition) is 5. The van der Waals surface area contributed by atoms with Crippen molar-refractivity contribution in [1.29, 1.82) is 0 Å². The highest BCUT2D eigenvalue weighted by molar-refractivity contribution is 6.05. The third kappa shape index (κ3) is 4.05. The third-order valence-corrected chi connectivity index (χ3v) is 6.18. The Morgan fingerprint density at radius 1 is 1.00 bits per heavy atom. The summed E-state index contributed by atoms with van der Waals surface area (Å²) in [5, 5.41) is 2.32. The molecule has 3 aliphatic rings. The van der Waals surface area contributed by atoms with E-state index in [1.165, 1.54) is 0 Å². The molecule has 1 unspecified atom stereocenters. The average molecular weight is 420 g/mol. The zero-order chi connectivity index (χ0) is 21.4. The number of rotatable bonds is 6. The molecule has 2 aromatic carbocycles. The van der Waals surface area contributed by atoms with Crippen molar-refractivity contribution >= 4 is 17.7 Å². The molecule has 2 aliphatic heterocycles. The van der Waals surface area contributed by atoms with Crippen LogP contribution in [0.1, 0.15) is 47.2 Å². The highest BCUT2D eigenvalue weighted by atomic mass is 16.5. The maximum atomic E-state index is 12.8. The van der Waals surface area contributed by atoms with Gasteiger partial charge in [0, 0.05) is 31.4 Å². The van der Waals surface area contributed by atoms with Gasteiger partial charge in [-0.25, -0.2) is 0 Å². The van der Waals surface area contributed by atoms with Crippen LogP contribution in [0, 0.1) is 0 Å². The van der Waals surface area contributed by atoms with Gasteiger partial charge in [0.25, 0.3) is 5.91 Å². The second kappa shape index (κ2) is 8.15. The Kier molecular flexibility index (Phi) is 5.19. The normalized spacial score (nSPS) is 25.1. The Labute approximate surface area is 180 Å². The second-order valence-electron chi connectivity index (χ2n) is 8.35. The molecule has 1 atom stereocenters. The molecule has 2 aromatic rings. The first-order valence-corrected chi connectivity index (χ1v) is 10.7. The van der Waals surface area contributed by atoms with E-state index < -0.39 is 11.9 Å². The highest BCUT2D eigenvalue weighted by Crippen LogP contribution is 2.33. The standard InChI is InChI=1S/C24H24N2O5/c27-22-9-8-21(23(28)25-22)26-13-16-10-17(6-7-20(16)24(26)29)31-19-11-18(12-19)30-14-15-4-2-1-3-5-15/h1-7,10,18-19,21H,8-9,11-14H2,(H,25,27,28). The lowest BCUT2D eigenvalue weighted by molar-refractivity contribution is -0.136. The summed E-state index contributed by atoms with van der Waals surface area (Å²) < 4.78 is 12.0. The van der Waals surface area contributed by atoms with Crippen LogP contribution in [0.2, 0.25) is 0 Å². The molecule has 0 spiro atoms. The van der Waals surface area contributed by atoms with Gasteiger partial charge in [-0.3, -0.25) is 19.7 Å². The average Bonchev–Trinajstić information content (AvgIpc) is 3.06. The third-order valence-electron chi connectivity index (χ3n) is 6.18. The summed E-state index contributed by atoms with van der Waals surface area (Å²) in [6.07, 6.45) is 2.59. The number of amides is 3. The lowest BCUT2D eigenvalue weighted by Crippen LogP contribution is -2.52. The number of nitrogens with zero attached hydrogens (tertiary/aromatic N) is 1. The van der Waals surface area contributed by atoms with Gasteiger partial charge < -0.3 is 14.4 Å². The number of benzene rings is 2. The van der Waals surface area contributed by atoms with Gasteiger partial charge in [0.1, 0.15) is 17.9 Å². The maximum Gasteiger partial charge on any atom is 0.255 e. The van der Waals surface area contributed by atoms with Gasteiger partial charge in [0.15, 0.2) is 0 Å². The van der Waals surface area contributed by atoms with Crippen LogP contribution in [0.5, 0.6) is 5.75 Å². The van der Waals surface area contributed by atoms with Gasteiger partial charge in [-0.2, -0.15) is 0 Å². The number of carbonyl (C=O) groups excluding carboxylic acids is 3. The fourth-order valence-corrected chi connectivity index (χ4v) is 4.35. The molecule has 7 nitrogen and oxygen atoms in total. The summed E-state index contributed by atoms with van der Waals surface area (Å²) in [5.41, 5.74) is 2.61. The molecule has 31 heavy (non-hydrogen) atoms. The molecule has 5 rings (SSSR count). The van der Waals surface area contributed by atoms with E-state index >= 15 is 0 Å². The molecular formula is C24H24N2O5. The zero-order valence-corrected chi connectivity index (χ0v) is 17.1. The monoisotopic (exact) mass is 420 g/mol. The number of hydrogen-bond donors (Lipinski definition) is 1. The summed E-state index contributed by atoms with van der Waals surface area (Å²) >= 11 is 0. The van der Waals surface area contributed by atoms with Crippen molar-refractivity contribution in [3.8, 4) is 5.75 Å². The Bertz CT molecular complexity index is 1020. The van der Waals surface area contributed by atoms with Crippen LogP contribution < -0.4 is 10.1 Å². The number of nitrogens with one attached hydrogen (secondary N) is 1. The van der Waals surface area contributed by atoms with E-state index in [9.17, 15) is 14.4 Å². The first kappa shape index (κ1) is 19.8. The lowest BCUT2D eigenvalue weighted by Gasteiger charge is -2.35. The molecule has 160 valence electrons. The Hall–Kier alpha value is -3.19. The van der Waals surface area contributed by atoms with Gasteiger partial charge in [0.2, 0.25) is 11.8 Å². The number of carbonyl (C=O) groups is 3. The fraction of sp³-hybridized carbons (Fsp3) is 0.375. The quantitative estimate of drug-likeness (QED) is 0.726. The van der Waals surface area contributed by atoms with E-state index in [2.05, 4.69) is 17.4 Å². The molecule has 2 heterocycles. The summed E-state index contributed by atoms with van der Waals surface area (Å²) in [5.74, 6) is -0.130. The van der Waals surface area contributed by atoms with Gasteiger partial charge >= 0.3 is 0 Å². The molecule has 0 bridgehead atoms. The van der Waals surface area contributed by atoms with Gasteiger partial charge in [0.05, 0.1) is 12.7 Å². The minimum Gasteiger partial charge on any atom is -0.490 e. The molecule has 1 aliphatic carbocycles. The molecular weight excluding hydrogens is 396 g/mol. The van der Waals surface area contributed by atoms with Crippen molar-refractivity contribution in [2.24, 2.45) is 0 Å². The van der Waals surface area contributed by atoms with Crippen molar-refractivity contribution in [2.75, 3.05) is 0 Å². The van der Waals surface area contributed by atoms with E-state index in [4.69, 9.17) is 9.47 Å². The Morgan fingerprint density at radius 2 is 1.81 bits per heavy atom. The SMILES string of the molecule is O=C1CCC(N2Cc3cc(OC4CC(OCc5ccccc5)C4)ccc3C2=O)C(=O)N1. The lowest BCUT2D eigenvalue weighted by atomic mass is 9.92. The number of piperidine rings is 1. The van der Waals surface area contributed by atoms with Gasteiger partial charge in [-0.05, 0) is 35.7 Å². The maximum absolute atomic E-state index is 12.8. The molecule has 1 saturated carbocycles. The van der Waals surface area contributed by atoms with E-state index in [0.717, 1.165) is 29.7 Å². The Balaban J connectivity index is 1.15. The predicted octanol–water partition coefficient (Wildman–Crippen LogP) is 2.57. The first-order valence-electron chi connectivity index (χ1n) is 10.7. The molecule has 0 radical (unpaired) electrons. The Morgan fingerprint density at radius 3 is 2.58 bits per heavy atom. The van der Waals surface area contributed by atoms with Crippen LogP contribution in [0.3, 0.4) is 0 Å². The highest BCUT2D eigenvalue weighted by Gasteiger charge is 2.39. The smallest absolute Gasteiger partial charge is 0.255 e. The summed E-state index contributed by atoms with van der Waals surface area (Å²) in [6.45, 7) is 0.959. The van der Waals surface area contributed by atoms with Crippen molar-refractivity contribution in [2.45, 2.75) is 57.1 Å². The fourth-order valence-electron chi connectivity index (χ4n) is 4.35. The van der Waals surface area contributed by atoms with E-state index in [1.54, 1.807) is 11.0 Å². The zero-order valence-electron chi connectivity index (χ0n) is 17.1. The molecule has 0 aromatic heterocycles. The van der Waals surface area contributed by atoms with E-state index in [0.29, 0.717) is 25.1 Å². The van der Waals surface area contributed by atoms with Crippen LogP contribution in [0.25, 0.3) is 0 Å². The van der Waals surface area contributed by atoms with E-state index in [1.807, 2.05) is 30.3 Å². The topological polar surface area (TPSA) is 84.9 Å². The first-order chi connectivity index (χ1) is 15.1. The van der Waals surface area contributed by atoms with Gasteiger partial charge in [-0.1, -0.05) is 30.3 Å².